The van der Waals surface area contributed by atoms with Crippen LogP contribution in [-0.2, 0) is 9.47 Å². The van der Waals surface area contributed by atoms with Gasteiger partial charge in [0.05, 0.1) is 0 Å². The third-order valence-corrected chi connectivity index (χ3v) is 4.93. The third kappa shape index (κ3) is 3.56. The molecule has 0 bridgehead atoms. The first-order chi connectivity index (χ1) is 9.56. The van der Waals surface area contributed by atoms with Gasteiger partial charge in [-0.2, -0.15) is 0 Å². The number of fused-ring (bicyclic) bond motifs is 1. The first-order valence-corrected chi connectivity index (χ1v) is 8.13. The molecule has 0 aromatic rings. The molecule has 1 aliphatic heterocycles. The smallest absolute Gasteiger partial charge is 0.424 e. The van der Waals surface area contributed by atoms with E-state index in [2.05, 4.69) is 12.2 Å². The average Bonchev–Trinajstić information content (AvgIpc) is 2.60. The van der Waals surface area contributed by atoms with Crippen molar-refractivity contribution < 1.29 is 14.3 Å². The Hall–Kier alpha value is -0.990. The van der Waals surface area contributed by atoms with E-state index in [9.17, 15) is 4.79 Å². The van der Waals surface area contributed by atoms with Gasteiger partial charge in [0.15, 0.2) is 11.2 Å². The molecule has 3 heteroatoms. The fraction of sp³-hybridized carbons (Fsp3) is 0.824. The summed E-state index contributed by atoms with van der Waals surface area (Å²) in [6, 6.07) is 0. The van der Waals surface area contributed by atoms with Gasteiger partial charge in [-0.15, -0.1) is 0 Å². The van der Waals surface area contributed by atoms with E-state index in [1.807, 2.05) is 13.8 Å². The van der Waals surface area contributed by atoms with Crippen molar-refractivity contribution in [1.29, 1.82) is 0 Å². The number of hydrogen-bond acceptors (Lipinski definition) is 3. The maximum absolute atomic E-state index is 11.6. The molecule has 0 amide bonds. The fourth-order valence-corrected chi connectivity index (χ4v) is 3.21. The van der Waals surface area contributed by atoms with E-state index in [0.29, 0.717) is 0 Å². The zero-order valence-electron chi connectivity index (χ0n) is 13.0. The molecule has 0 saturated carbocycles. The van der Waals surface area contributed by atoms with Crippen LogP contribution in [-0.4, -0.2) is 17.4 Å². The second kappa shape index (κ2) is 6.64. The summed E-state index contributed by atoms with van der Waals surface area (Å²) in [5.41, 5.74) is -1.01. The predicted molar refractivity (Wildman–Crippen MR) is 79.7 cm³/mol. The molecule has 1 aliphatic carbocycles. The van der Waals surface area contributed by atoms with Crippen LogP contribution in [0.4, 0.5) is 4.79 Å². The van der Waals surface area contributed by atoms with Crippen molar-refractivity contribution in [3.63, 3.8) is 0 Å². The SMILES string of the molecule is C[C@@]12C/C=C\CCCCCCCCC[C@@]1(C)OC(=O)O2. The lowest BCUT2D eigenvalue weighted by molar-refractivity contribution is -0.0285. The van der Waals surface area contributed by atoms with Crippen LogP contribution in [0.25, 0.3) is 0 Å². The Kier molecular flexibility index (Phi) is 5.11. The van der Waals surface area contributed by atoms with Crippen LogP contribution >= 0.6 is 0 Å². The Balaban J connectivity index is 2.06. The summed E-state index contributed by atoms with van der Waals surface area (Å²) in [5.74, 6) is 0. The second-order valence-corrected chi connectivity index (χ2v) is 6.60. The Bertz CT molecular complexity index is 363. The van der Waals surface area contributed by atoms with E-state index in [0.717, 1.165) is 25.7 Å². The Morgan fingerprint density at radius 1 is 0.850 bits per heavy atom. The zero-order chi connectivity index (χ0) is 14.5. The quantitative estimate of drug-likeness (QED) is 0.455. The highest BCUT2D eigenvalue weighted by Crippen LogP contribution is 2.43. The number of allylic oxidation sites excluding steroid dienone is 1. The minimum Gasteiger partial charge on any atom is -0.424 e. The lowest BCUT2D eigenvalue weighted by Gasteiger charge is -2.35. The molecule has 1 heterocycles. The van der Waals surface area contributed by atoms with Crippen molar-refractivity contribution in [2.45, 2.75) is 89.3 Å². The Labute approximate surface area is 122 Å². The number of rotatable bonds is 0. The van der Waals surface area contributed by atoms with E-state index in [1.165, 1.54) is 38.5 Å². The lowest BCUT2D eigenvalue weighted by atomic mass is 9.79. The van der Waals surface area contributed by atoms with Crippen molar-refractivity contribution >= 4 is 6.16 Å². The van der Waals surface area contributed by atoms with Crippen molar-refractivity contribution in [2.75, 3.05) is 0 Å². The molecule has 0 aromatic heterocycles. The van der Waals surface area contributed by atoms with Crippen LogP contribution in [0.5, 0.6) is 0 Å². The van der Waals surface area contributed by atoms with Crippen LogP contribution in [0, 0.1) is 0 Å². The van der Waals surface area contributed by atoms with Crippen molar-refractivity contribution in [3.8, 4) is 0 Å². The molecule has 0 N–H and O–H groups in total. The van der Waals surface area contributed by atoms with Gasteiger partial charge in [0.25, 0.3) is 0 Å². The minimum atomic E-state index is -0.523. The molecular weight excluding hydrogens is 252 g/mol. The summed E-state index contributed by atoms with van der Waals surface area (Å²) in [6.07, 6.45) is 15.5. The van der Waals surface area contributed by atoms with Gasteiger partial charge in [0.2, 0.25) is 0 Å². The summed E-state index contributed by atoms with van der Waals surface area (Å²) >= 11 is 0. The zero-order valence-corrected chi connectivity index (χ0v) is 13.0. The molecule has 0 unspecified atom stereocenters. The monoisotopic (exact) mass is 280 g/mol. The van der Waals surface area contributed by atoms with Gasteiger partial charge >= 0.3 is 6.16 Å². The van der Waals surface area contributed by atoms with Crippen LogP contribution in [0.2, 0.25) is 0 Å². The molecular formula is C17H28O3. The van der Waals surface area contributed by atoms with Crippen molar-refractivity contribution in [2.24, 2.45) is 0 Å². The minimum absolute atomic E-state index is 0.488. The molecule has 1 saturated heterocycles. The largest absolute Gasteiger partial charge is 0.509 e. The van der Waals surface area contributed by atoms with E-state index in [-0.39, 0.29) is 0 Å². The maximum Gasteiger partial charge on any atom is 0.509 e. The third-order valence-electron chi connectivity index (χ3n) is 4.93. The summed E-state index contributed by atoms with van der Waals surface area (Å²) in [5, 5.41) is 0. The Morgan fingerprint density at radius 3 is 2.20 bits per heavy atom. The van der Waals surface area contributed by atoms with Crippen LogP contribution < -0.4 is 0 Å². The van der Waals surface area contributed by atoms with Gasteiger partial charge in [0.1, 0.15) is 0 Å². The van der Waals surface area contributed by atoms with Gasteiger partial charge in [-0.1, -0.05) is 44.3 Å². The summed E-state index contributed by atoms with van der Waals surface area (Å²) < 4.78 is 11.0. The maximum atomic E-state index is 11.6. The van der Waals surface area contributed by atoms with Crippen LogP contribution in [0.15, 0.2) is 12.2 Å². The molecule has 1 fully saturated rings. The number of ether oxygens (including phenoxy) is 2. The summed E-state index contributed by atoms with van der Waals surface area (Å²) in [6.45, 7) is 4.03. The van der Waals surface area contributed by atoms with Crippen molar-refractivity contribution in [3.05, 3.63) is 12.2 Å². The highest BCUT2D eigenvalue weighted by Gasteiger charge is 2.55. The number of carbonyl (C=O) groups excluding carboxylic acids is 1. The first-order valence-electron chi connectivity index (χ1n) is 8.13. The summed E-state index contributed by atoms with van der Waals surface area (Å²) in [7, 11) is 0. The van der Waals surface area contributed by atoms with Gasteiger partial charge in [-0.25, -0.2) is 4.79 Å². The highest BCUT2D eigenvalue weighted by atomic mass is 16.8. The topological polar surface area (TPSA) is 35.5 Å². The van der Waals surface area contributed by atoms with Gasteiger partial charge in [-0.05, 0) is 39.5 Å². The summed E-state index contributed by atoms with van der Waals surface area (Å²) in [4.78, 5) is 11.6. The molecule has 0 spiro atoms. The molecule has 2 atom stereocenters. The predicted octanol–water partition coefficient (Wildman–Crippen LogP) is 5.14. The van der Waals surface area contributed by atoms with Crippen molar-refractivity contribution in [1.82, 2.24) is 0 Å². The first kappa shape index (κ1) is 15.4. The Morgan fingerprint density at radius 2 is 1.45 bits per heavy atom. The van der Waals surface area contributed by atoms with Gasteiger partial charge < -0.3 is 9.47 Å². The molecule has 2 aliphatic rings. The van der Waals surface area contributed by atoms with E-state index < -0.39 is 17.4 Å². The van der Waals surface area contributed by atoms with E-state index in [1.54, 1.807) is 0 Å². The molecule has 2 rings (SSSR count). The average molecular weight is 280 g/mol. The molecule has 0 radical (unpaired) electrons. The standard InChI is InChI=1S/C17H28O3/c1-16-13-11-9-7-5-3-4-6-8-10-12-14-17(16,2)20-15(18)19-16/h9,11H,3-8,10,12-14H2,1-2H3/b11-9-/t16-,17-/m1/s1. The number of carbonyl (C=O) groups is 1. The second-order valence-electron chi connectivity index (χ2n) is 6.60. The normalized spacial score (nSPS) is 38.2. The highest BCUT2D eigenvalue weighted by molar-refractivity contribution is 5.64. The lowest BCUT2D eigenvalue weighted by Crippen LogP contribution is -2.47. The fourth-order valence-electron chi connectivity index (χ4n) is 3.21. The molecule has 0 aromatic carbocycles. The van der Waals surface area contributed by atoms with Gasteiger partial charge in [0, 0.05) is 6.42 Å². The van der Waals surface area contributed by atoms with Crippen LogP contribution in [0.3, 0.4) is 0 Å². The van der Waals surface area contributed by atoms with E-state index >= 15 is 0 Å². The van der Waals surface area contributed by atoms with Gasteiger partial charge in [-0.3, -0.25) is 0 Å². The number of hydrogen-bond donors (Lipinski definition) is 0. The molecule has 20 heavy (non-hydrogen) atoms. The molecule has 3 nitrogen and oxygen atoms in total. The molecule has 114 valence electrons. The van der Waals surface area contributed by atoms with Crippen LogP contribution in [0.1, 0.15) is 78.1 Å². The van der Waals surface area contributed by atoms with E-state index in [4.69, 9.17) is 9.47 Å².